The van der Waals surface area contributed by atoms with E-state index in [1.165, 1.54) is 31.2 Å². The Kier molecular flexibility index (Phi) is 7.91. The van der Waals surface area contributed by atoms with Gasteiger partial charge in [0.05, 0.1) is 0 Å². The lowest BCUT2D eigenvalue weighted by atomic mass is 9.81. The van der Waals surface area contributed by atoms with Gasteiger partial charge in [0.25, 0.3) is 0 Å². The largest absolute Gasteiger partial charge is 0.203 e. The van der Waals surface area contributed by atoms with Crippen molar-refractivity contribution in [2.24, 2.45) is 0 Å². The van der Waals surface area contributed by atoms with Crippen LogP contribution in [0.2, 0.25) is 0 Å². The molecule has 1 unspecified atom stereocenters. The van der Waals surface area contributed by atoms with Crippen LogP contribution in [0, 0.1) is 41.8 Å². The fourth-order valence-corrected chi connectivity index (χ4v) is 4.90. The van der Waals surface area contributed by atoms with Crippen LogP contribution in [0.5, 0.6) is 0 Å². The van der Waals surface area contributed by atoms with Crippen molar-refractivity contribution in [1.29, 1.82) is 0 Å². The van der Waals surface area contributed by atoms with Gasteiger partial charge >= 0.3 is 0 Å². The Balaban J connectivity index is 1.56. The molecular formula is C30H28F6. The van der Waals surface area contributed by atoms with E-state index >= 15 is 4.39 Å². The molecule has 0 heterocycles. The molecule has 3 aromatic rings. The molecule has 0 amide bonds. The fourth-order valence-electron chi connectivity index (χ4n) is 4.90. The van der Waals surface area contributed by atoms with Crippen molar-refractivity contribution in [1.82, 2.24) is 0 Å². The van der Waals surface area contributed by atoms with Gasteiger partial charge in [-0.15, -0.1) is 0 Å². The summed E-state index contributed by atoms with van der Waals surface area (Å²) in [4.78, 5) is 0. The molecule has 0 aliphatic heterocycles. The Bertz CT molecular complexity index is 1310. The summed E-state index contributed by atoms with van der Waals surface area (Å²) in [6.07, 6.45) is 6.06. The van der Waals surface area contributed by atoms with Gasteiger partial charge in [-0.3, -0.25) is 0 Å². The zero-order valence-electron chi connectivity index (χ0n) is 20.3. The van der Waals surface area contributed by atoms with Gasteiger partial charge in [0.1, 0.15) is 0 Å². The van der Waals surface area contributed by atoms with E-state index in [-0.39, 0.29) is 33.7 Å². The molecule has 0 spiro atoms. The highest BCUT2D eigenvalue weighted by molar-refractivity contribution is 5.68. The standard InChI is InChI=1S/C30H28F6/c1-3-4-5-6-20-12-14-21(27(33)26(20)32)18-8-10-19(11-9-18)22-15-16-24(30(36)28(22)34)23-13-7-17(2)25(31)29(23)35/h7-8,12-16,19H,3-6,9-11H2,1-2H3. The molecule has 190 valence electrons. The minimum absolute atomic E-state index is 0.0704. The van der Waals surface area contributed by atoms with E-state index in [1.807, 2.05) is 6.92 Å². The zero-order chi connectivity index (χ0) is 26.0. The number of hydrogen-bond acceptors (Lipinski definition) is 0. The maximum atomic E-state index is 15.0. The lowest BCUT2D eigenvalue weighted by Gasteiger charge is -2.24. The van der Waals surface area contributed by atoms with Crippen LogP contribution in [0.1, 0.15) is 73.6 Å². The maximum Gasteiger partial charge on any atom is 0.167 e. The van der Waals surface area contributed by atoms with Crippen molar-refractivity contribution in [3.05, 3.63) is 99.6 Å². The van der Waals surface area contributed by atoms with Crippen LogP contribution in [0.4, 0.5) is 26.3 Å². The molecule has 1 atom stereocenters. The third kappa shape index (κ3) is 4.95. The molecule has 0 saturated carbocycles. The number of unbranched alkanes of at least 4 members (excludes halogenated alkanes) is 2. The van der Waals surface area contributed by atoms with Gasteiger partial charge in [0.15, 0.2) is 34.9 Å². The molecular weight excluding hydrogens is 474 g/mol. The minimum Gasteiger partial charge on any atom is -0.203 e. The van der Waals surface area contributed by atoms with Crippen LogP contribution in [0.15, 0.2) is 42.5 Å². The number of benzene rings is 3. The molecule has 3 aromatic carbocycles. The van der Waals surface area contributed by atoms with E-state index in [1.54, 1.807) is 18.2 Å². The summed E-state index contributed by atoms with van der Waals surface area (Å²) in [5, 5.41) is 0. The highest BCUT2D eigenvalue weighted by Gasteiger charge is 2.26. The molecule has 1 aliphatic carbocycles. The third-order valence-corrected chi connectivity index (χ3v) is 7.09. The Hall–Kier alpha value is -3.02. The van der Waals surface area contributed by atoms with E-state index in [9.17, 15) is 22.0 Å². The van der Waals surface area contributed by atoms with Gasteiger partial charge < -0.3 is 0 Å². The van der Waals surface area contributed by atoms with Gasteiger partial charge in [-0.1, -0.05) is 62.2 Å². The zero-order valence-corrected chi connectivity index (χ0v) is 20.3. The molecule has 4 rings (SSSR count). The second-order valence-corrected chi connectivity index (χ2v) is 9.45. The van der Waals surface area contributed by atoms with Crippen molar-refractivity contribution in [2.75, 3.05) is 0 Å². The first-order chi connectivity index (χ1) is 17.2. The van der Waals surface area contributed by atoms with E-state index in [2.05, 4.69) is 0 Å². The Morgan fingerprint density at radius 1 is 0.694 bits per heavy atom. The summed E-state index contributed by atoms with van der Waals surface area (Å²) in [7, 11) is 0. The molecule has 0 bridgehead atoms. The van der Waals surface area contributed by atoms with Crippen LogP contribution in [-0.4, -0.2) is 0 Å². The highest BCUT2D eigenvalue weighted by atomic mass is 19.2. The number of hydrogen-bond donors (Lipinski definition) is 0. The summed E-state index contributed by atoms with van der Waals surface area (Å²) in [5.41, 5.74) is 0.695. The lowest BCUT2D eigenvalue weighted by Crippen LogP contribution is -2.09. The van der Waals surface area contributed by atoms with E-state index < -0.39 is 34.9 Å². The van der Waals surface area contributed by atoms with Crippen LogP contribution >= 0.6 is 0 Å². The average Bonchev–Trinajstić information content (AvgIpc) is 2.88. The van der Waals surface area contributed by atoms with E-state index in [4.69, 9.17) is 0 Å². The Morgan fingerprint density at radius 3 is 2.00 bits per heavy atom. The van der Waals surface area contributed by atoms with Gasteiger partial charge in [0.2, 0.25) is 0 Å². The first kappa shape index (κ1) is 26.1. The molecule has 36 heavy (non-hydrogen) atoms. The minimum atomic E-state index is -1.24. The van der Waals surface area contributed by atoms with Crippen LogP contribution in [-0.2, 0) is 6.42 Å². The van der Waals surface area contributed by atoms with E-state index in [0.717, 1.165) is 19.3 Å². The molecule has 0 fully saturated rings. The quantitative estimate of drug-likeness (QED) is 0.223. The van der Waals surface area contributed by atoms with Gasteiger partial charge in [-0.25, -0.2) is 26.3 Å². The van der Waals surface area contributed by atoms with Crippen molar-refractivity contribution >= 4 is 5.57 Å². The summed E-state index contributed by atoms with van der Waals surface area (Å²) >= 11 is 0. The van der Waals surface area contributed by atoms with Crippen molar-refractivity contribution < 1.29 is 26.3 Å². The summed E-state index contributed by atoms with van der Waals surface area (Å²) in [6, 6.07) is 8.40. The van der Waals surface area contributed by atoms with Crippen LogP contribution in [0.25, 0.3) is 16.7 Å². The number of halogens is 6. The van der Waals surface area contributed by atoms with Gasteiger partial charge in [0, 0.05) is 16.7 Å². The summed E-state index contributed by atoms with van der Waals surface area (Å²) in [6.45, 7) is 3.43. The summed E-state index contributed by atoms with van der Waals surface area (Å²) in [5.74, 6) is -6.74. The van der Waals surface area contributed by atoms with Crippen molar-refractivity contribution in [3.63, 3.8) is 0 Å². The van der Waals surface area contributed by atoms with Gasteiger partial charge in [-0.05, 0) is 67.2 Å². The van der Waals surface area contributed by atoms with E-state index in [0.29, 0.717) is 36.8 Å². The van der Waals surface area contributed by atoms with Gasteiger partial charge in [-0.2, -0.15) is 0 Å². The van der Waals surface area contributed by atoms with Crippen molar-refractivity contribution in [3.8, 4) is 11.1 Å². The lowest BCUT2D eigenvalue weighted by molar-refractivity contribution is 0.478. The monoisotopic (exact) mass is 502 g/mol. The molecule has 0 saturated heterocycles. The predicted octanol–water partition coefficient (Wildman–Crippen LogP) is 9.58. The predicted molar refractivity (Wildman–Crippen MR) is 131 cm³/mol. The van der Waals surface area contributed by atoms with Crippen molar-refractivity contribution in [2.45, 2.75) is 64.7 Å². The third-order valence-electron chi connectivity index (χ3n) is 7.09. The average molecular weight is 503 g/mol. The molecule has 6 heteroatoms. The number of allylic oxidation sites excluding steroid dienone is 2. The second kappa shape index (κ2) is 10.9. The molecule has 0 aromatic heterocycles. The highest BCUT2D eigenvalue weighted by Crippen LogP contribution is 2.40. The maximum absolute atomic E-state index is 15.0. The second-order valence-electron chi connectivity index (χ2n) is 9.45. The molecule has 1 aliphatic rings. The Labute approximate surface area is 207 Å². The van der Waals surface area contributed by atoms with Crippen LogP contribution < -0.4 is 0 Å². The normalized spacial score (nSPS) is 15.8. The first-order valence-electron chi connectivity index (χ1n) is 12.3. The molecule has 0 nitrogen and oxygen atoms in total. The number of aryl methyl sites for hydroxylation is 2. The fraction of sp³-hybridized carbons (Fsp3) is 0.333. The first-order valence-corrected chi connectivity index (χ1v) is 12.3. The Morgan fingerprint density at radius 2 is 1.33 bits per heavy atom. The molecule has 0 N–H and O–H groups in total. The van der Waals surface area contributed by atoms with Crippen LogP contribution in [0.3, 0.4) is 0 Å². The smallest absolute Gasteiger partial charge is 0.167 e. The SMILES string of the molecule is CCCCCc1ccc(C2=CCC(c3ccc(-c4ccc(C)c(F)c4F)c(F)c3F)CC2)c(F)c1F. The number of rotatable bonds is 7. The summed E-state index contributed by atoms with van der Waals surface area (Å²) < 4.78 is 87.7. The molecule has 0 radical (unpaired) electrons. The topological polar surface area (TPSA) is 0 Å².